The lowest BCUT2D eigenvalue weighted by atomic mass is 9.99. The van der Waals surface area contributed by atoms with E-state index in [2.05, 4.69) is 0 Å². The third-order valence-corrected chi connectivity index (χ3v) is 6.50. The van der Waals surface area contributed by atoms with Crippen LogP contribution in [0.25, 0.3) is 0 Å². The molecule has 0 aromatic heterocycles. The Labute approximate surface area is 223 Å². The molecule has 0 amide bonds. The van der Waals surface area contributed by atoms with E-state index in [0.29, 0.717) is 11.3 Å². The smallest absolute Gasteiger partial charge is 0.338 e. The van der Waals surface area contributed by atoms with Crippen LogP contribution >= 0.6 is 23.4 Å². The summed E-state index contributed by atoms with van der Waals surface area (Å²) in [5.74, 6) is -2.74. The molecule has 198 valence electrons. The SMILES string of the molecule is CCS[C@@H]1O[C@H](COC(=O)c2ccccc2)[C@H](OC(C)=O)[C@H](OC(=O)CCl)[C@H]1OC(=O)c1ccccc1. The van der Waals surface area contributed by atoms with Crippen LogP contribution in [0.1, 0.15) is 34.6 Å². The van der Waals surface area contributed by atoms with E-state index in [9.17, 15) is 19.2 Å². The number of benzene rings is 2. The number of esters is 4. The van der Waals surface area contributed by atoms with E-state index in [1.165, 1.54) is 18.7 Å². The maximum Gasteiger partial charge on any atom is 0.338 e. The van der Waals surface area contributed by atoms with Gasteiger partial charge in [0.25, 0.3) is 0 Å². The number of hydrogen-bond acceptors (Lipinski definition) is 10. The molecule has 3 rings (SSSR count). The van der Waals surface area contributed by atoms with E-state index in [4.69, 9.17) is 35.3 Å². The number of alkyl halides is 1. The summed E-state index contributed by atoms with van der Waals surface area (Å²) in [7, 11) is 0. The van der Waals surface area contributed by atoms with Gasteiger partial charge in [-0.25, -0.2) is 9.59 Å². The number of hydrogen-bond donors (Lipinski definition) is 0. The van der Waals surface area contributed by atoms with Crippen LogP contribution in [0.5, 0.6) is 0 Å². The van der Waals surface area contributed by atoms with E-state index < -0.39 is 59.6 Å². The maximum absolute atomic E-state index is 12.9. The Bertz CT molecular complexity index is 1070. The lowest BCUT2D eigenvalue weighted by molar-refractivity contribution is -0.229. The van der Waals surface area contributed by atoms with Crippen molar-refractivity contribution in [3.8, 4) is 0 Å². The van der Waals surface area contributed by atoms with Gasteiger partial charge < -0.3 is 23.7 Å². The van der Waals surface area contributed by atoms with E-state index in [0.717, 1.165) is 0 Å². The average Bonchev–Trinajstić information content (AvgIpc) is 2.91. The van der Waals surface area contributed by atoms with Gasteiger partial charge in [-0.15, -0.1) is 23.4 Å². The van der Waals surface area contributed by atoms with Crippen LogP contribution in [-0.4, -0.2) is 72.0 Å². The maximum atomic E-state index is 12.9. The van der Waals surface area contributed by atoms with Crippen molar-refractivity contribution in [1.29, 1.82) is 0 Å². The summed E-state index contributed by atoms with van der Waals surface area (Å²) >= 11 is 6.97. The van der Waals surface area contributed by atoms with Gasteiger partial charge in [0.15, 0.2) is 18.3 Å². The molecule has 0 unspecified atom stereocenters. The zero-order valence-corrected chi connectivity index (χ0v) is 21.8. The Morgan fingerprint density at radius 3 is 1.97 bits per heavy atom. The van der Waals surface area contributed by atoms with Crippen molar-refractivity contribution < 1.29 is 42.9 Å². The van der Waals surface area contributed by atoms with Crippen molar-refractivity contribution in [3.05, 3.63) is 71.8 Å². The van der Waals surface area contributed by atoms with Gasteiger partial charge in [-0.3, -0.25) is 9.59 Å². The molecule has 1 fully saturated rings. The molecule has 9 nitrogen and oxygen atoms in total. The number of ether oxygens (including phenoxy) is 5. The highest BCUT2D eigenvalue weighted by molar-refractivity contribution is 7.99. The molecule has 0 saturated carbocycles. The summed E-state index contributed by atoms with van der Waals surface area (Å²) in [6.45, 7) is 2.72. The zero-order chi connectivity index (χ0) is 26.8. The molecular formula is C26H27ClO9S. The van der Waals surface area contributed by atoms with E-state index in [-0.39, 0.29) is 12.2 Å². The summed E-state index contributed by atoms with van der Waals surface area (Å²) in [5.41, 5.74) is -0.243. The minimum absolute atomic E-state index is 0.271. The first-order valence-electron chi connectivity index (χ1n) is 11.5. The fraction of sp³-hybridized carbons (Fsp3) is 0.385. The largest absolute Gasteiger partial charge is 0.459 e. The minimum Gasteiger partial charge on any atom is -0.459 e. The van der Waals surface area contributed by atoms with Gasteiger partial charge in [0.05, 0.1) is 11.1 Å². The second kappa shape index (κ2) is 14.0. The van der Waals surface area contributed by atoms with Crippen LogP contribution in [0.3, 0.4) is 0 Å². The Hall–Kier alpha value is -3.08. The standard InChI is InChI=1S/C26H27ClO9S/c1-3-37-26-23(36-25(31)18-12-8-5-9-13-18)22(35-20(29)14-27)21(33-16(2)28)19(34-26)15-32-24(30)17-10-6-4-7-11-17/h4-13,19,21-23,26H,3,14-15H2,1-2H3/t19-,21+,22+,23-,26+/m1/s1. The second-order valence-electron chi connectivity index (χ2n) is 7.86. The number of halogens is 1. The molecule has 1 heterocycles. The molecule has 37 heavy (non-hydrogen) atoms. The molecule has 1 aliphatic rings. The van der Waals surface area contributed by atoms with Gasteiger partial charge in [0.2, 0.25) is 0 Å². The van der Waals surface area contributed by atoms with Crippen LogP contribution < -0.4 is 0 Å². The zero-order valence-electron chi connectivity index (χ0n) is 20.2. The fourth-order valence-corrected chi connectivity index (χ4v) is 4.68. The van der Waals surface area contributed by atoms with Gasteiger partial charge >= 0.3 is 23.9 Å². The number of rotatable bonds is 10. The normalized spacial score (nSPS) is 22.9. The van der Waals surface area contributed by atoms with Gasteiger partial charge in [-0.05, 0) is 30.0 Å². The molecule has 1 aliphatic heterocycles. The van der Waals surface area contributed by atoms with Crippen LogP contribution in [0.2, 0.25) is 0 Å². The highest BCUT2D eigenvalue weighted by Gasteiger charge is 2.52. The topological polar surface area (TPSA) is 114 Å². The molecule has 1 saturated heterocycles. The lowest BCUT2D eigenvalue weighted by Gasteiger charge is -2.44. The first-order chi connectivity index (χ1) is 17.8. The average molecular weight is 551 g/mol. The first-order valence-corrected chi connectivity index (χ1v) is 13.1. The van der Waals surface area contributed by atoms with E-state index >= 15 is 0 Å². The van der Waals surface area contributed by atoms with Gasteiger partial charge in [0, 0.05) is 6.92 Å². The molecule has 0 bridgehead atoms. The van der Waals surface area contributed by atoms with E-state index in [1.807, 2.05) is 6.92 Å². The molecule has 11 heteroatoms. The molecule has 2 aromatic carbocycles. The summed E-state index contributed by atoms with van der Waals surface area (Å²) < 4.78 is 28.3. The molecule has 0 N–H and O–H groups in total. The molecule has 0 spiro atoms. The highest BCUT2D eigenvalue weighted by Crippen LogP contribution is 2.34. The van der Waals surface area contributed by atoms with Crippen LogP contribution in [0, 0.1) is 0 Å². The molecule has 0 radical (unpaired) electrons. The number of thioether (sulfide) groups is 1. The van der Waals surface area contributed by atoms with Crippen molar-refractivity contribution in [1.82, 2.24) is 0 Å². The van der Waals surface area contributed by atoms with Crippen molar-refractivity contribution in [2.75, 3.05) is 18.2 Å². The van der Waals surface area contributed by atoms with Crippen molar-refractivity contribution in [2.24, 2.45) is 0 Å². The monoisotopic (exact) mass is 550 g/mol. The molecule has 2 aromatic rings. The Balaban J connectivity index is 1.90. The molecule has 0 aliphatic carbocycles. The lowest BCUT2D eigenvalue weighted by Crippen LogP contribution is -2.61. The number of carbonyl (C=O) groups excluding carboxylic acids is 4. The summed E-state index contributed by atoms with van der Waals surface area (Å²) in [6, 6.07) is 16.6. The number of carbonyl (C=O) groups is 4. The Morgan fingerprint density at radius 1 is 0.838 bits per heavy atom. The highest BCUT2D eigenvalue weighted by atomic mass is 35.5. The van der Waals surface area contributed by atoms with Crippen LogP contribution in [0.4, 0.5) is 0 Å². The first kappa shape index (κ1) is 28.5. The van der Waals surface area contributed by atoms with Crippen molar-refractivity contribution >= 4 is 47.2 Å². The molecule has 5 atom stereocenters. The van der Waals surface area contributed by atoms with Gasteiger partial charge in [0.1, 0.15) is 24.0 Å². The Kier molecular flexibility index (Phi) is 10.8. The Morgan fingerprint density at radius 2 is 1.43 bits per heavy atom. The summed E-state index contributed by atoms with van der Waals surface area (Å²) in [5, 5.41) is 0. The van der Waals surface area contributed by atoms with E-state index in [1.54, 1.807) is 60.7 Å². The predicted molar refractivity (Wildman–Crippen MR) is 135 cm³/mol. The van der Waals surface area contributed by atoms with Crippen molar-refractivity contribution in [3.63, 3.8) is 0 Å². The third kappa shape index (κ3) is 7.95. The summed E-state index contributed by atoms with van der Waals surface area (Å²) in [4.78, 5) is 49.7. The van der Waals surface area contributed by atoms with Gasteiger partial charge in [-0.1, -0.05) is 43.3 Å². The third-order valence-electron chi connectivity index (χ3n) is 5.24. The van der Waals surface area contributed by atoms with Crippen LogP contribution in [-0.2, 0) is 33.3 Å². The quantitative estimate of drug-likeness (QED) is 0.247. The second-order valence-corrected chi connectivity index (χ2v) is 9.50. The van der Waals surface area contributed by atoms with Crippen molar-refractivity contribution in [2.45, 2.75) is 43.7 Å². The van der Waals surface area contributed by atoms with Crippen LogP contribution in [0.15, 0.2) is 60.7 Å². The van der Waals surface area contributed by atoms with Gasteiger partial charge in [-0.2, -0.15) is 0 Å². The molecular weight excluding hydrogens is 524 g/mol. The summed E-state index contributed by atoms with van der Waals surface area (Å²) in [6.07, 6.45) is -4.72. The minimum atomic E-state index is -1.28. The predicted octanol–water partition coefficient (Wildman–Crippen LogP) is 3.63. The fourth-order valence-electron chi connectivity index (χ4n) is 3.67.